The zero-order valence-corrected chi connectivity index (χ0v) is 16.8. The van der Waals surface area contributed by atoms with Crippen molar-refractivity contribution >= 4 is 17.1 Å². The van der Waals surface area contributed by atoms with Crippen LogP contribution in [-0.2, 0) is 4.84 Å². The van der Waals surface area contributed by atoms with Crippen LogP contribution in [-0.4, -0.2) is 37.7 Å². The quantitative estimate of drug-likeness (QED) is 0.771. The first kappa shape index (κ1) is 19.1. The van der Waals surface area contributed by atoms with Gasteiger partial charge in [-0.25, -0.2) is 0 Å². The summed E-state index contributed by atoms with van der Waals surface area (Å²) in [6, 6.07) is 16.4. The third kappa shape index (κ3) is 3.94. The number of unbranched alkanes of at least 4 members (excludes halogenated alkanes) is 1. The zero-order chi connectivity index (χ0) is 19.3. The van der Waals surface area contributed by atoms with Gasteiger partial charge in [-0.2, -0.15) is 5.17 Å². The monoisotopic (exact) mass is 382 g/mol. The van der Waals surface area contributed by atoms with Crippen molar-refractivity contribution in [2.45, 2.75) is 38.7 Å². The molecule has 0 aliphatic carbocycles. The molecule has 4 rings (SSSR count). The molecule has 0 spiro atoms. The lowest BCUT2D eigenvalue weighted by Crippen LogP contribution is -2.41. The highest BCUT2D eigenvalue weighted by Crippen LogP contribution is 2.44. The van der Waals surface area contributed by atoms with Gasteiger partial charge >= 0.3 is 0 Å². The largest absolute Gasteiger partial charge is 0.488 e. The molecule has 0 atom stereocenters. The summed E-state index contributed by atoms with van der Waals surface area (Å²) in [7, 11) is 1.66. The van der Waals surface area contributed by atoms with Gasteiger partial charge in [0.25, 0.3) is 0 Å². The smallest absolute Gasteiger partial charge is 0.151 e. The van der Waals surface area contributed by atoms with Crippen LogP contribution >= 0.6 is 0 Å². The summed E-state index contributed by atoms with van der Waals surface area (Å²) in [4.78, 5) is 8.13. The van der Waals surface area contributed by atoms with Crippen LogP contribution in [0, 0.1) is 0 Å². The Morgan fingerprint density at radius 3 is 2.54 bits per heavy atom. The van der Waals surface area contributed by atoms with Crippen LogP contribution in [0.15, 0.2) is 48.5 Å². The molecule has 28 heavy (non-hydrogen) atoms. The molecule has 2 aliphatic rings. The van der Waals surface area contributed by atoms with E-state index in [1.54, 1.807) is 12.3 Å². The van der Waals surface area contributed by atoms with Crippen LogP contribution in [0.2, 0.25) is 0 Å². The highest BCUT2D eigenvalue weighted by molar-refractivity contribution is 5.84. The molecule has 2 aliphatic heterocycles. The number of nitrogens with one attached hydrogen (secondary N) is 1. The topological polar surface area (TPSA) is 40.2 Å². The number of ether oxygens (including phenoxy) is 1. The molecule has 0 aromatic heterocycles. The lowest BCUT2D eigenvalue weighted by molar-refractivity contribution is 0.0964. The van der Waals surface area contributed by atoms with Gasteiger partial charge in [-0.05, 0) is 50.1 Å². The first-order valence-corrected chi connectivity index (χ1v) is 10.3. The maximum absolute atomic E-state index is 6.45. The molecular formula is C22H30N4O2. The Morgan fingerprint density at radius 2 is 1.82 bits per heavy atom. The molecule has 1 fully saturated rings. The van der Waals surface area contributed by atoms with Crippen molar-refractivity contribution in [1.82, 2.24) is 10.4 Å². The van der Waals surface area contributed by atoms with Crippen LogP contribution in [0.3, 0.4) is 0 Å². The average molecular weight is 383 g/mol. The van der Waals surface area contributed by atoms with Crippen LogP contribution in [0.4, 0.5) is 17.1 Å². The van der Waals surface area contributed by atoms with Crippen molar-refractivity contribution in [3.05, 3.63) is 48.5 Å². The average Bonchev–Trinajstić information content (AvgIpc) is 3.14. The molecule has 0 unspecified atom stereocenters. The number of benzene rings is 2. The Morgan fingerprint density at radius 1 is 1.04 bits per heavy atom. The normalized spacial score (nSPS) is 17.8. The van der Waals surface area contributed by atoms with Gasteiger partial charge in [-0.15, -0.1) is 5.53 Å². The number of piperidine rings is 1. The summed E-state index contributed by atoms with van der Waals surface area (Å²) in [6.45, 7) is 5.68. The Labute approximate surface area is 167 Å². The van der Waals surface area contributed by atoms with E-state index in [0.717, 1.165) is 48.7 Å². The second kappa shape index (κ2) is 8.82. The van der Waals surface area contributed by atoms with E-state index in [1.165, 1.54) is 19.4 Å². The molecular weight excluding hydrogens is 352 g/mol. The van der Waals surface area contributed by atoms with Gasteiger partial charge in [0, 0.05) is 13.1 Å². The lowest BCUT2D eigenvalue weighted by atomic mass is 10.1. The molecule has 0 bridgehead atoms. The van der Waals surface area contributed by atoms with E-state index in [0.29, 0.717) is 0 Å². The van der Waals surface area contributed by atoms with Crippen molar-refractivity contribution in [2.24, 2.45) is 0 Å². The second-order valence-corrected chi connectivity index (χ2v) is 7.38. The summed E-state index contributed by atoms with van der Waals surface area (Å²) in [6.07, 6.45) is 4.91. The Hall–Kier alpha value is -2.28. The van der Waals surface area contributed by atoms with Gasteiger partial charge in [-0.1, -0.05) is 37.6 Å². The number of rotatable bonds is 7. The van der Waals surface area contributed by atoms with E-state index >= 15 is 0 Å². The minimum absolute atomic E-state index is 0.244. The standard InChI is InChI=1S/C22H30N4O2/c1-3-4-15-24-16-13-19(14-17-24)28-21-12-8-11-20-22(21)26(27-2)23-25(20)18-9-6-5-7-10-18/h5-12,19,23H,3-4,13-17H2,1-2H3. The van der Waals surface area contributed by atoms with E-state index in [1.807, 2.05) is 35.3 Å². The van der Waals surface area contributed by atoms with Gasteiger partial charge in [0.1, 0.15) is 11.9 Å². The van der Waals surface area contributed by atoms with Gasteiger partial charge < -0.3 is 9.64 Å². The molecule has 2 heterocycles. The minimum Gasteiger partial charge on any atom is -0.488 e. The third-order valence-electron chi connectivity index (χ3n) is 5.47. The molecule has 0 saturated carbocycles. The van der Waals surface area contributed by atoms with Crippen molar-refractivity contribution in [1.29, 1.82) is 0 Å². The third-order valence-corrected chi connectivity index (χ3v) is 5.47. The summed E-state index contributed by atoms with van der Waals surface area (Å²) < 4.78 is 6.45. The first-order chi connectivity index (χ1) is 13.8. The summed E-state index contributed by atoms with van der Waals surface area (Å²) in [5.41, 5.74) is 6.27. The number of hydrogen-bond acceptors (Lipinski definition) is 6. The molecule has 0 radical (unpaired) electrons. The predicted molar refractivity (Wildman–Crippen MR) is 113 cm³/mol. The second-order valence-electron chi connectivity index (χ2n) is 7.38. The van der Waals surface area contributed by atoms with Gasteiger partial charge in [-0.3, -0.25) is 9.85 Å². The maximum Gasteiger partial charge on any atom is 0.151 e. The maximum atomic E-state index is 6.45. The molecule has 1 N–H and O–H groups in total. The van der Waals surface area contributed by atoms with Crippen molar-refractivity contribution in [3.63, 3.8) is 0 Å². The summed E-state index contributed by atoms with van der Waals surface area (Å²) in [5.74, 6) is 0.859. The first-order valence-electron chi connectivity index (χ1n) is 10.3. The number of hydrogen-bond donors (Lipinski definition) is 1. The summed E-state index contributed by atoms with van der Waals surface area (Å²) >= 11 is 0. The van der Waals surface area contributed by atoms with E-state index in [2.05, 4.69) is 35.6 Å². The van der Waals surface area contributed by atoms with Gasteiger partial charge in [0.15, 0.2) is 5.69 Å². The SMILES string of the molecule is CCCCN1CCC(Oc2cccc3c2N(OC)NN3c2ccccc2)CC1. The fourth-order valence-corrected chi connectivity index (χ4v) is 3.90. The van der Waals surface area contributed by atoms with Crippen LogP contribution in [0.1, 0.15) is 32.6 Å². The van der Waals surface area contributed by atoms with Crippen LogP contribution in [0.25, 0.3) is 0 Å². The number of fused-ring (bicyclic) bond motifs is 1. The van der Waals surface area contributed by atoms with Gasteiger partial charge in [0.2, 0.25) is 0 Å². The fraction of sp³-hybridized carbons (Fsp3) is 0.455. The Balaban J connectivity index is 1.50. The molecule has 6 heteroatoms. The number of hydrazine groups is 2. The Bertz CT molecular complexity index is 762. The van der Waals surface area contributed by atoms with Crippen LogP contribution < -0.4 is 20.5 Å². The highest BCUT2D eigenvalue weighted by atomic mass is 16.7. The van der Waals surface area contributed by atoms with Gasteiger partial charge in [0.05, 0.1) is 18.5 Å². The minimum atomic E-state index is 0.244. The van der Waals surface area contributed by atoms with Crippen molar-refractivity contribution in [2.75, 3.05) is 36.9 Å². The van der Waals surface area contributed by atoms with Crippen molar-refractivity contribution < 1.29 is 9.57 Å². The molecule has 0 amide bonds. The number of para-hydroxylation sites is 2. The van der Waals surface area contributed by atoms with E-state index in [4.69, 9.17) is 9.57 Å². The number of nitrogens with zero attached hydrogens (tertiary/aromatic N) is 3. The van der Waals surface area contributed by atoms with E-state index in [-0.39, 0.29) is 6.10 Å². The molecule has 2 aromatic rings. The lowest BCUT2D eigenvalue weighted by Gasteiger charge is -2.32. The van der Waals surface area contributed by atoms with E-state index < -0.39 is 0 Å². The molecule has 1 saturated heterocycles. The number of likely N-dealkylation sites (tertiary alicyclic amines) is 1. The van der Waals surface area contributed by atoms with Crippen molar-refractivity contribution in [3.8, 4) is 5.75 Å². The van der Waals surface area contributed by atoms with Crippen LogP contribution in [0.5, 0.6) is 5.75 Å². The Kier molecular flexibility index (Phi) is 6.00. The highest BCUT2D eigenvalue weighted by Gasteiger charge is 2.32. The molecule has 6 nitrogen and oxygen atoms in total. The molecule has 150 valence electrons. The predicted octanol–water partition coefficient (Wildman–Crippen LogP) is 4.27. The summed E-state index contributed by atoms with van der Waals surface area (Å²) in [5, 5.41) is 3.69. The zero-order valence-electron chi connectivity index (χ0n) is 16.8. The number of anilines is 3. The molecule has 2 aromatic carbocycles. The van der Waals surface area contributed by atoms with E-state index in [9.17, 15) is 0 Å². The fourth-order valence-electron chi connectivity index (χ4n) is 3.90.